The van der Waals surface area contributed by atoms with Gasteiger partial charge in [-0.2, -0.15) is 12.6 Å². The molecule has 0 radical (unpaired) electrons. The maximum atomic E-state index is 11.6. The zero-order valence-electron chi connectivity index (χ0n) is 10.3. The van der Waals surface area contributed by atoms with Crippen LogP contribution in [0.2, 0.25) is 0 Å². The van der Waals surface area contributed by atoms with Crippen molar-refractivity contribution in [2.75, 3.05) is 12.3 Å². The summed E-state index contributed by atoms with van der Waals surface area (Å²) in [6, 6.07) is 8.69. The SMILES string of the molecule is C[C@H](N=C([O-])Cc1ccccc1)C(=O)NCCS. The Kier molecular flexibility index (Phi) is 6.28. The molecule has 0 fully saturated rings. The number of rotatable bonds is 6. The van der Waals surface area contributed by atoms with E-state index in [1.807, 2.05) is 30.3 Å². The van der Waals surface area contributed by atoms with Crippen molar-refractivity contribution >= 4 is 24.4 Å². The predicted octanol–water partition coefficient (Wildman–Crippen LogP) is 0.422. The van der Waals surface area contributed by atoms with Crippen LogP contribution < -0.4 is 10.4 Å². The van der Waals surface area contributed by atoms with Crippen molar-refractivity contribution < 1.29 is 9.90 Å². The Hall–Kier alpha value is -1.49. The average Bonchev–Trinajstić information content (AvgIpc) is 2.36. The highest BCUT2D eigenvalue weighted by Crippen LogP contribution is 2.00. The van der Waals surface area contributed by atoms with Crippen LogP contribution in [0.4, 0.5) is 0 Å². The van der Waals surface area contributed by atoms with E-state index in [0.717, 1.165) is 5.56 Å². The van der Waals surface area contributed by atoms with Gasteiger partial charge < -0.3 is 10.4 Å². The topological polar surface area (TPSA) is 64.5 Å². The number of hydrogen-bond acceptors (Lipinski definition) is 4. The van der Waals surface area contributed by atoms with Gasteiger partial charge in [-0.05, 0) is 18.4 Å². The van der Waals surface area contributed by atoms with Crippen LogP contribution in [0.1, 0.15) is 12.5 Å². The van der Waals surface area contributed by atoms with Gasteiger partial charge in [-0.15, -0.1) is 0 Å². The van der Waals surface area contributed by atoms with Crippen molar-refractivity contribution in [3.05, 3.63) is 35.9 Å². The first-order chi connectivity index (χ1) is 8.63. The zero-order chi connectivity index (χ0) is 13.4. The normalized spacial score (nSPS) is 13.1. The molecular formula is C13H17N2O2S-. The maximum absolute atomic E-state index is 11.6. The largest absolute Gasteiger partial charge is 0.862 e. The molecule has 1 aromatic rings. The fourth-order valence-corrected chi connectivity index (χ4v) is 1.53. The predicted molar refractivity (Wildman–Crippen MR) is 73.9 cm³/mol. The van der Waals surface area contributed by atoms with Crippen molar-refractivity contribution in [1.29, 1.82) is 0 Å². The summed E-state index contributed by atoms with van der Waals surface area (Å²) >= 11 is 3.99. The van der Waals surface area contributed by atoms with Crippen molar-refractivity contribution in [2.45, 2.75) is 19.4 Å². The Labute approximate surface area is 113 Å². The summed E-state index contributed by atoms with van der Waals surface area (Å²) in [5.41, 5.74) is 0.897. The molecule has 1 amide bonds. The van der Waals surface area contributed by atoms with E-state index in [1.165, 1.54) is 0 Å². The van der Waals surface area contributed by atoms with Gasteiger partial charge in [-0.1, -0.05) is 30.3 Å². The van der Waals surface area contributed by atoms with Crippen LogP contribution in [-0.4, -0.2) is 30.1 Å². The van der Waals surface area contributed by atoms with Crippen LogP contribution in [0.5, 0.6) is 0 Å². The first kappa shape index (κ1) is 14.6. The number of carbonyl (C=O) groups is 1. The van der Waals surface area contributed by atoms with Gasteiger partial charge in [-0.3, -0.25) is 9.79 Å². The highest BCUT2D eigenvalue weighted by Gasteiger charge is 2.09. The Morgan fingerprint density at radius 2 is 2.11 bits per heavy atom. The average molecular weight is 265 g/mol. The molecule has 0 spiro atoms. The molecule has 0 unspecified atom stereocenters. The van der Waals surface area contributed by atoms with E-state index >= 15 is 0 Å². The Balaban J connectivity index is 2.52. The molecule has 0 aliphatic heterocycles. The lowest BCUT2D eigenvalue weighted by Crippen LogP contribution is -2.35. The molecule has 0 saturated carbocycles. The number of nitrogens with zero attached hydrogens (tertiary/aromatic N) is 1. The van der Waals surface area contributed by atoms with Crippen molar-refractivity contribution in [3.8, 4) is 0 Å². The van der Waals surface area contributed by atoms with Gasteiger partial charge in [0, 0.05) is 18.7 Å². The number of hydrogen-bond donors (Lipinski definition) is 2. The van der Waals surface area contributed by atoms with Crippen LogP contribution in [0.15, 0.2) is 35.3 Å². The van der Waals surface area contributed by atoms with E-state index in [2.05, 4.69) is 22.9 Å². The number of thiol groups is 1. The molecule has 0 aliphatic rings. The third-order valence-electron chi connectivity index (χ3n) is 2.33. The molecule has 1 atom stereocenters. The van der Waals surface area contributed by atoms with Crippen LogP contribution in [0.25, 0.3) is 0 Å². The fourth-order valence-electron chi connectivity index (χ4n) is 1.42. The number of amides is 1. The van der Waals surface area contributed by atoms with Crippen molar-refractivity contribution in [1.82, 2.24) is 5.32 Å². The molecule has 0 saturated heterocycles. The molecule has 1 aromatic carbocycles. The molecule has 0 aliphatic carbocycles. The van der Waals surface area contributed by atoms with Crippen LogP contribution in [0.3, 0.4) is 0 Å². The second-order valence-electron chi connectivity index (χ2n) is 3.88. The maximum Gasteiger partial charge on any atom is 0.244 e. The summed E-state index contributed by atoms with van der Waals surface area (Å²) in [5.74, 6) is 0.0383. The molecule has 0 bridgehead atoms. The van der Waals surface area contributed by atoms with Gasteiger partial charge >= 0.3 is 0 Å². The molecule has 1 rings (SSSR count). The summed E-state index contributed by atoms with van der Waals surface area (Å²) in [7, 11) is 0. The molecule has 18 heavy (non-hydrogen) atoms. The molecular weight excluding hydrogens is 248 g/mol. The fraction of sp³-hybridized carbons (Fsp3) is 0.385. The number of nitrogens with one attached hydrogen (secondary N) is 1. The van der Waals surface area contributed by atoms with Crippen molar-refractivity contribution in [2.24, 2.45) is 4.99 Å². The Bertz CT molecular complexity index is 407. The molecule has 4 nitrogen and oxygen atoms in total. The van der Waals surface area contributed by atoms with E-state index < -0.39 is 6.04 Å². The lowest BCUT2D eigenvalue weighted by molar-refractivity contribution is -0.218. The summed E-state index contributed by atoms with van der Waals surface area (Å²) < 4.78 is 0. The molecule has 98 valence electrons. The lowest BCUT2D eigenvalue weighted by atomic mass is 10.1. The van der Waals surface area contributed by atoms with E-state index in [1.54, 1.807) is 6.92 Å². The zero-order valence-corrected chi connectivity index (χ0v) is 11.2. The minimum absolute atomic E-state index is 0.227. The first-order valence-corrected chi connectivity index (χ1v) is 6.43. The quantitative estimate of drug-likeness (QED) is 0.445. The van der Waals surface area contributed by atoms with Crippen molar-refractivity contribution in [3.63, 3.8) is 0 Å². The molecule has 1 N–H and O–H groups in total. The first-order valence-electron chi connectivity index (χ1n) is 5.79. The summed E-state index contributed by atoms with van der Waals surface area (Å²) in [6.07, 6.45) is 0.227. The number of benzene rings is 1. The number of aliphatic imine (C=N–C) groups is 1. The minimum atomic E-state index is -0.652. The smallest absolute Gasteiger partial charge is 0.244 e. The Morgan fingerprint density at radius 3 is 2.72 bits per heavy atom. The van der Waals surface area contributed by atoms with Gasteiger partial charge in [0.15, 0.2) is 0 Å². The van der Waals surface area contributed by atoms with Gasteiger partial charge in [0.2, 0.25) is 5.91 Å². The highest BCUT2D eigenvalue weighted by molar-refractivity contribution is 7.80. The third kappa shape index (κ3) is 5.23. The monoisotopic (exact) mass is 265 g/mol. The molecule has 0 aromatic heterocycles. The van der Waals surface area contributed by atoms with Crippen LogP contribution in [-0.2, 0) is 11.2 Å². The van der Waals surface area contributed by atoms with Gasteiger partial charge in [0.1, 0.15) is 6.04 Å². The minimum Gasteiger partial charge on any atom is -0.862 e. The summed E-state index contributed by atoms with van der Waals surface area (Å²) in [5, 5.41) is 14.3. The summed E-state index contributed by atoms with van der Waals surface area (Å²) in [4.78, 5) is 15.3. The number of carbonyl (C=O) groups excluding carboxylic acids is 1. The van der Waals surface area contributed by atoms with E-state index in [4.69, 9.17) is 0 Å². The highest BCUT2D eigenvalue weighted by atomic mass is 32.1. The van der Waals surface area contributed by atoms with E-state index in [-0.39, 0.29) is 18.2 Å². The second kappa shape index (κ2) is 7.76. The Morgan fingerprint density at radius 1 is 1.44 bits per heavy atom. The lowest BCUT2D eigenvalue weighted by Gasteiger charge is -2.14. The van der Waals surface area contributed by atoms with Gasteiger partial charge in [0.05, 0.1) is 0 Å². The van der Waals surface area contributed by atoms with Gasteiger partial charge in [0.25, 0.3) is 0 Å². The molecule has 0 heterocycles. The molecule has 5 heteroatoms. The third-order valence-corrected chi connectivity index (χ3v) is 2.55. The van der Waals surface area contributed by atoms with Gasteiger partial charge in [-0.25, -0.2) is 0 Å². The standard InChI is InChI=1S/C13H18N2O2S/c1-10(13(17)14-7-8-18)15-12(16)9-11-5-3-2-4-6-11/h2-6,10,18H,7-9H2,1H3,(H,14,17)(H,15,16)/p-1/t10-/m0/s1. The van der Waals surface area contributed by atoms with Crippen LogP contribution >= 0.6 is 12.6 Å². The second-order valence-corrected chi connectivity index (χ2v) is 4.32. The summed E-state index contributed by atoms with van der Waals surface area (Å²) in [6.45, 7) is 2.09. The van der Waals surface area contributed by atoms with E-state index in [0.29, 0.717) is 12.3 Å². The van der Waals surface area contributed by atoms with Crippen LogP contribution in [0, 0.1) is 0 Å². The van der Waals surface area contributed by atoms with E-state index in [9.17, 15) is 9.90 Å².